The second-order valence-electron chi connectivity index (χ2n) is 6.34. The Labute approximate surface area is 153 Å². The average molecular weight is 366 g/mol. The summed E-state index contributed by atoms with van der Waals surface area (Å²) in [4.78, 5) is 35.3. The fraction of sp³-hybridized carbons (Fsp3) is 0.526. The largest absolute Gasteiger partial charge is 0.480 e. The summed E-state index contributed by atoms with van der Waals surface area (Å²) in [6.07, 6.45) is 4.03. The monoisotopic (exact) mass is 366 g/mol. The van der Waals surface area contributed by atoms with E-state index in [1.54, 1.807) is 6.07 Å². The maximum atomic E-state index is 13.3. The van der Waals surface area contributed by atoms with Crippen LogP contribution in [0.2, 0.25) is 0 Å². The van der Waals surface area contributed by atoms with Crippen molar-refractivity contribution in [1.82, 2.24) is 10.6 Å². The van der Waals surface area contributed by atoms with Crippen molar-refractivity contribution < 1.29 is 23.9 Å². The smallest absolute Gasteiger partial charge is 0.326 e. The molecule has 0 aromatic heterocycles. The molecule has 0 spiro atoms. The van der Waals surface area contributed by atoms with E-state index in [0.29, 0.717) is 18.4 Å². The summed E-state index contributed by atoms with van der Waals surface area (Å²) in [5.74, 6) is -2.56. The molecule has 0 aliphatic rings. The highest BCUT2D eigenvalue weighted by atomic mass is 19.1. The van der Waals surface area contributed by atoms with E-state index in [4.69, 9.17) is 0 Å². The van der Waals surface area contributed by atoms with Crippen molar-refractivity contribution in [2.24, 2.45) is 0 Å². The molecule has 0 saturated carbocycles. The first-order chi connectivity index (χ1) is 12.3. The zero-order valence-corrected chi connectivity index (χ0v) is 15.3. The van der Waals surface area contributed by atoms with Crippen LogP contribution in [0.3, 0.4) is 0 Å². The second-order valence-corrected chi connectivity index (χ2v) is 6.34. The Hall–Kier alpha value is -2.44. The van der Waals surface area contributed by atoms with Crippen LogP contribution >= 0.6 is 0 Å². The van der Waals surface area contributed by atoms with Gasteiger partial charge in [-0.3, -0.25) is 9.59 Å². The van der Waals surface area contributed by atoms with Crippen molar-refractivity contribution in [1.29, 1.82) is 0 Å². The first-order valence-electron chi connectivity index (χ1n) is 8.88. The van der Waals surface area contributed by atoms with Crippen molar-refractivity contribution in [3.8, 4) is 0 Å². The third-order valence-corrected chi connectivity index (χ3v) is 3.98. The highest BCUT2D eigenvalue weighted by Gasteiger charge is 2.26. The van der Waals surface area contributed by atoms with Gasteiger partial charge in [-0.2, -0.15) is 0 Å². The van der Waals surface area contributed by atoms with Crippen LogP contribution in [0.5, 0.6) is 0 Å². The Balaban J connectivity index is 2.76. The van der Waals surface area contributed by atoms with Gasteiger partial charge in [-0.25, -0.2) is 9.18 Å². The molecule has 144 valence electrons. The van der Waals surface area contributed by atoms with E-state index >= 15 is 0 Å². The molecule has 2 atom stereocenters. The number of hydrogen-bond donors (Lipinski definition) is 3. The molecule has 0 aliphatic carbocycles. The van der Waals surface area contributed by atoms with E-state index in [2.05, 4.69) is 17.6 Å². The number of carboxylic acid groups (broad SMARTS) is 1. The Morgan fingerprint density at radius 1 is 1.12 bits per heavy atom. The number of amides is 2. The Bertz CT molecular complexity index is 621. The van der Waals surface area contributed by atoms with Crippen molar-refractivity contribution in [3.63, 3.8) is 0 Å². The number of rotatable bonds is 11. The maximum Gasteiger partial charge on any atom is 0.326 e. The van der Waals surface area contributed by atoms with Crippen LogP contribution in [0.25, 0.3) is 0 Å². The molecule has 0 heterocycles. The van der Waals surface area contributed by atoms with E-state index in [1.807, 2.05) is 0 Å². The molecule has 0 radical (unpaired) electrons. The molecule has 0 bridgehead atoms. The lowest BCUT2D eigenvalue weighted by Crippen LogP contribution is -2.52. The van der Waals surface area contributed by atoms with Crippen molar-refractivity contribution in [2.75, 3.05) is 0 Å². The number of benzene rings is 1. The van der Waals surface area contributed by atoms with Gasteiger partial charge in [-0.05, 0) is 24.1 Å². The zero-order valence-electron chi connectivity index (χ0n) is 15.3. The summed E-state index contributed by atoms with van der Waals surface area (Å²) in [6, 6.07) is 3.75. The normalized spacial score (nSPS) is 12.9. The van der Waals surface area contributed by atoms with Crippen LogP contribution in [0.1, 0.15) is 51.5 Å². The van der Waals surface area contributed by atoms with Crippen LogP contribution in [0.15, 0.2) is 24.3 Å². The molecule has 0 aliphatic heterocycles. The molecular weight excluding hydrogens is 339 g/mol. The molecule has 0 unspecified atom stereocenters. The third-order valence-electron chi connectivity index (χ3n) is 3.98. The van der Waals surface area contributed by atoms with E-state index in [-0.39, 0.29) is 6.42 Å². The molecule has 1 aromatic rings. The van der Waals surface area contributed by atoms with Gasteiger partial charge < -0.3 is 15.7 Å². The fourth-order valence-electron chi connectivity index (χ4n) is 2.66. The lowest BCUT2D eigenvalue weighted by Gasteiger charge is -2.21. The first-order valence-corrected chi connectivity index (χ1v) is 8.88. The van der Waals surface area contributed by atoms with Gasteiger partial charge in [0, 0.05) is 13.3 Å². The molecule has 26 heavy (non-hydrogen) atoms. The second kappa shape index (κ2) is 11.2. The summed E-state index contributed by atoms with van der Waals surface area (Å²) >= 11 is 0. The summed E-state index contributed by atoms with van der Waals surface area (Å²) in [5.41, 5.74) is 0.536. The van der Waals surface area contributed by atoms with Crippen LogP contribution in [-0.2, 0) is 20.8 Å². The minimum atomic E-state index is -1.11. The highest BCUT2D eigenvalue weighted by Crippen LogP contribution is 2.09. The van der Waals surface area contributed by atoms with Crippen LogP contribution in [0, 0.1) is 5.82 Å². The Kier molecular flexibility index (Phi) is 9.33. The first kappa shape index (κ1) is 21.6. The van der Waals surface area contributed by atoms with Gasteiger partial charge in [-0.15, -0.1) is 0 Å². The standard InChI is InChI=1S/C19H27FN2O4/c1-3-4-5-6-10-16(19(25)26)22-18(24)17(21-13(2)23)12-14-8-7-9-15(20)11-14/h7-9,11,16-17H,3-6,10,12H2,1-2H3,(H,21,23)(H,22,24)(H,25,26)/t16-,17+/m0/s1. The van der Waals surface area contributed by atoms with Gasteiger partial charge in [0.05, 0.1) is 0 Å². The number of aliphatic carboxylic acids is 1. The van der Waals surface area contributed by atoms with Gasteiger partial charge in [0.1, 0.15) is 17.9 Å². The summed E-state index contributed by atoms with van der Waals surface area (Å²) < 4.78 is 13.3. The zero-order chi connectivity index (χ0) is 19.5. The number of hydrogen-bond acceptors (Lipinski definition) is 3. The Morgan fingerprint density at radius 2 is 1.85 bits per heavy atom. The summed E-state index contributed by atoms with van der Waals surface area (Å²) in [5, 5.41) is 14.3. The Morgan fingerprint density at radius 3 is 2.42 bits per heavy atom. The minimum absolute atomic E-state index is 0.0747. The maximum absolute atomic E-state index is 13.3. The summed E-state index contributed by atoms with van der Waals surface area (Å²) in [7, 11) is 0. The molecular formula is C19H27FN2O4. The molecule has 1 rings (SSSR count). The van der Waals surface area contributed by atoms with Crippen LogP contribution in [0.4, 0.5) is 4.39 Å². The summed E-state index contributed by atoms with van der Waals surface area (Å²) in [6.45, 7) is 3.33. The lowest BCUT2D eigenvalue weighted by atomic mass is 10.0. The van der Waals surface area contributed by atoms with Gasteiger partial charge in [0.2, 0.25) is 11.8 Å². The minimum Gasteiger partial charge on any atom is -0.480 e. The SMILES string of the molecule is CCCCCC[C@H](NC(=O)[C@@H](Cc1cccc(F)c1)NC(C)=O)C(=O)O. The molecule has 3 N–H and O–H groups in total. The van der Waals surface area contributed by atoms with Gasteiger partial charge in [0.25, 0.3) is 0 Å². The number of carboxylic acids is 1. The molecule has 7 heteroatoms. The molecule has 2 amide bonds. The molecule has 1 aromatic carbocycles. The highest BCUT2D eigenvalue weighted by molar-refractivity contribution is 5.90. The van der Waals surface area contributed by atoms with Gasteiger partial charge in [-0.1, -0.05) is 44.7 Å². The van der Waals surface area contributed by atoms with E-state index in [0.717, 1.165) is 19.3 Å². The lowest BCUT2D eigenvalue weighted by molar-refractivity contribution is -0.142. The fourth-order valence-corrected chi connectivity index (χ4v) is 2.66. The number of carbonyl (C=O) groups excluding carboxylic acids is 2. The predicted molar refractivity (Wildman–Crippen MR) is 96.0 cm³/mol. The predicted octanol–water partition coefficient (Wildman–Crippen LogP) is 2.41. The van der Waals surface area contributed by atoms with Crippen LogP contribution in [-0.4, -0.2) is 35.0 Å². The van der Waals surface area contributed by atoms with Gasteiger partial charge in [0.15, 0.2) is 0 Å². The van der Waals surface area contributed by atoms with E-state index in [9.17, 15) is 23.9 Å². The number of halogens is 1. The van der Waals surface area contributed by atoms with E-state index < -0.39 is 35.7 Å². The van der Waals surface area contributed by atoms with Crippen molar-refractivity contribution in [3.05, 3.63) is 35.6 Å². The molecule has 0 fully saturated rings. The van der Waals surface area contributed by atoms with Crippen molar-refractivity contribution in [2.45, 2.75) is 64.5 Å². The number of nitrogens with one attached hydrogen (secondary N) is 2. The van der Waals surface area contributed by atoms with Crippen LogP contribution < -0.4 is 10.6 Å². The third kappa shape index (κ3) is 8.09. The molecule has 0 saturated heterocycles. The van der Waals surface area contributed by atoms with Gasteiger partial charge >= 0.3 is 5.97 Å². The quantitative estimate of drug-likeness (QED) is 0.524. The number of carbonyl (C=O) groups is 3. The number of unbranched alkanes of at least 4 members (excludes halogenated alkanes) is 3. The average Bonchev–Trinajstić information content (AvgIpc) is 2.56. The van der Waals surface area contributed by atoms with E-state index in [1.165, 1.54) is 25.1 Å². The topological polar surface area (TPSA) is 95.5 Å². The molecule has 6 nitrogen and oxygen atoms in total. The van der Waals surface area contributed by atoms with Crippen molar-refractivity contribution >= 4 is 17.8 Å².